The van der Waals surface area contributed by atoms with Gasteiger partial charge < -0.3 is 18.8 Å². The fourth-order valence-corrected chi connectivity index (χ4v) is 3.90. The lowest BCUT2D eigenvalue weighted by atomic mass is 10.2. The van der Waals surface area contributed by atoms with Crippen molar-refractivity contribution < 1.29 is 23.8 Å². The van der Waals surface area contributed by atoms with E-state index in [1.165, 1.54) is 39.1 Å². The van der Waals surface area contributed by atoms with Crippen molar-refractivity contribution in [3.05, 3.63) is 42.0 Å². The number of nitrogens with one attached hydrogen (secondary N) is 1. The van der Waals surface area contributed by atoms with Gasteiger partial charge in [-0.3, -0.25) is 9.59 Å². The maximum atomic E-state index is 12.3. The topological polar surface area (TPSA) is 104 Å². The molecule has 1 amide bonds. The number of amides is 1. The standard InChI is InChI=1S/C22H24N4O5S/c1-5-26-17-9-7-6-8-16(17)24-22(26)32-13-20(28)25-23-12-15-10-18(29-3)21(31-14(2)27)19(11-15)30-4/h6-12H,5,13H2,1-4H3,(H,25,28). The predicted molar refractivity (Wildman–Crippen MR) is 123 cm³/mol. The first-order valence-electron chi connectivity index (χ1n) is 9.81. The second kappa shape index (κ2) is 10.7. The van der Waals surface area contributed by atoms with Crippen LogP contribution < -0.4 is 19.6 Å². The Morgan fingerprint density at radius 3 is 2.50 bits per heavy atom. The molecule has 1 aromatic heterocycles. The van der Waals surface area contributed by atoms with Crippen LogP contribution in [0.5, 0.6) is 17.2 Å². The van der Waals surface area contributed by atoms with Gasteiger partial charge in [0.05, 0.1) is 37.2 Å². The quantitative estimate of drug-likeness (QED) is 0.173. The van der Waals surface area contributed by atoms with Crippen molar-refractivity contribution in [3.8, 4) is 17.2 Å². The van der Waals surface area contributed by atoms with E-state index in [1.54, 1.807) is 12.1 Å². The van der Waals surface area contributed by atoms with Gasteiger partial charge in [0, 0.05) is 19.0 Å². The molecule has 0 atom stereocenters. The zero-order chi connectivity index (χ0) is 23.1. The molecule has 3 aromatic rings. The number of hydrogen-bond acceptors (Lipinski definition) is 8. The molecule has 0 bridgehead atoms. The molecule has 3 rings (SSSR count). The lowest BCUT2D eigenvalue weighted by Crippen LogP contribution is -2.20. The average Bonchev–Trinajstić information content (AvgIpc) is 3.15. The molecule has 0 fully saturated rings. The number of hydrogen-bond donors (Lipinski definition) is 1. The van der Waals surface area contributed by atoms with E-state index in [-0.39, 0.29) is 17.4 Å². The molecule has 1 heterocycles. The number of fused-ring (bicyclic) bond motifs is 1. The van der Waals surface area contributed by atoms with Crippen LogP contribution in [0.25, 0.3) is 11.0 Å². The first-order chi connectivity index (χ1) is 15.5. The van der Waals surface area contributed by atoms with Crippen molar-refractivity contribution in [3.63, 3.8) is 0 Å². The summed E-state index contributed by atoms with van der Waals surface area (Å²) in [5.74, 6) is 0.195. The van der Waals surface area contributed by atoms with Crippen LogP contribution in [-0.4, -0.2) is 47.6 Å². The van der Waals surface area contributed by atoms with Gasteiger partial charge in [-0.1, -0.05) is 23.9 Å². The van der Waals surface area contributed by atoms with Gasteiger partial charge in [-0.05, 0) is 31.2 Å². The molecule has 0 aliphatic rings. The lowest BCUT2D eigenvalue weighted by Gasteiger charge is -2.13. The lowest BCUT2D eigenvalue weighted by molar-refractivity contribution is -0.132. The van der Waals surface area contributed by atoms with Crippen LogP contribution in [0.2, 0.25) is 0 Å². The highest BCUT2D eigenvalue weighted by Crippen LogP contribution is 2.38. The average molecular weight is 457 g/mol. The van der Waals surface area contributed by atoms with Gasteiger partial charge in [0.15, 0.2) is 16.7 Å². The van der Waals surface area contributed by atoms with Crippen LogP contribution >= 0.6 is 11.8 Å². The fourth-order valence-electron chi connectivity index (χ4n) is 3.03. The third kappa shape index (κ3) is 5.38. The molecular formula is C22H24N4O5S. The molecule has 0 aliphatic heterocycles. The number of carbonyl (C=O) groups excluding carboxylic acids is 2. The van der Waals surface area contributed by atoms with E-state index in [4.69, 9.17) is 14.2 Å². The fraction of sp³-hybridized carbons (Fsp3) is 0.273. The van der Waals surface area contributed by atoms with Gasteiger partial charge in [0.1, 0.15) is 0 Å². The van der Waals surface area contributed by atoms with Crippen molar-refractivity contribution in [2.75, 3.05) is 20.0 Å². The highest BCUT2D eigenvalue weighted by molar-refractivity contribution is 7.99. The van der Waals surface area contributed by atoms with E-state index < -0.39 is 5.97 Å². The zero-order valence-electron chi connectivity index (χ0n) is 18.2. The van der Waals surface area contributed by atoms with Crippen molar-refractivity contribution in [2.45, 2.75) is 25.5 Å². The molecule has 0 aliphatic carbocycles. The van der Waals surface area contributed by atoms with Gasteiger partial charge in [0.25, 0.3) is 5.91 Å². The maximum Gasteiger partial charge on any atom is 0.308 e. The summed E-state index contributed by atoms with van der Waals surface area (Å²) in [6, 6.07) is 11.1. The van der Waals surface area contributed by atoms with E-state index in [0.29, 0.717) is 17.1 Å². The molecule has 0 unspecified atom stereocenters. The van der Waals surface area contributed by atoms with E-state index in [2.05, 4.69) is 20.1 Å². The number of ether oxygens (including phenoxy) is 3. The first kappa shape index (κ1) is 23.1. The third-order valence-electron chi connectivity index (χ3n) is 4.40. The molecule has 0 spiro atoms. The smallest absolute Gasteiger partial charge is 0.308 e. The number of hydrazone groups is 1. The number of esters is 1. The number of aromatic nitrogens is 2. The molecule has 1 N–H and O–H groups in total. The van der Waals surface area contributed by atoms with E-state index in [9.17, 15) is 9.59 Å². The normalized spacial score (nSPS) is 11.0. The Labute approximate surface area is 189 Å². The molecule has 10 heteroatoms. The Morgan fingerprint density at radius 2 is 1.88 bits per heavy atom. The second-order valence-electron chi connectivity index (χ2n) is 6.56. The van der Waals surface area contributed by atoms with Crippen LogP contribution in [0.3, 0.4) is 0 Å². The summed E-state index contributed by atoms with van der Waals surface area (Å²) in [5.41, 5.74) is 5.03. The summed E-state index contributed by atoms with van der Waals surface area (Å²) >= 11 is 1.35. The second-order valence-corrected chi connectivity index (χ2v) is 7.50. The largest absolute Gasteiger partial charge is 0.493 e. The summed E-state index contributed by atoms with van der Waals surface area (Å²) in [6.45, 7) is 4.09. The Hall–Kier alpha value is -3.53. The number of nitrogens with zero attached hydrogens (tertiary/aromatic N) is 3. The predicted octanol–water partition coefficient (Wildman–Crippen LogP) is 3.24. The van der Waals surface area contributed by atoms with E-state index in [0.717, 1.165) is 22.7 Å². The Kier molecular flexibility index (Phi) is 7.72. The highest BCUT2D eigenvalue weighted by atomic mass is 32.2. The number of thioether (sulfide) groups is 1. The van der Waals surface area contributed by atoms with Crippen LogP contribution in [-0.2, 0) is 16.1 Å². The summed E-state index contributed by atoms with van der Waals surface area (Å²) in [6.07, 6.45) is 1.45. The molecular weight excluding hydrogens is 432 g/mol. The number of benzene rings is 2. The van der Waals surface area contributed by atoms with Gasteiger partial charge in [-0.25, -0.2) is 10.4 Å². The summed E-state index contributed by atoms with van der Waals surface area (Å²) < 4.78 is 17.8. The molecule has 0 saturated heterocycles. The Morgan fingerprint density at radius 1 is 1.19 bits per heavy atom. The monoisotopic (exact) mass is 456 g/mol. The van der Waals surface area contributed by atoms with Crippen LogP contribution in [0.4, 0.5) is 0 Å². The minimum Gasteiger partial charge on any atom is -0.493 e. The number of methoxy groups -OCH3 is 2. The minimum absolute atomic E-state index is 0.165. The number of para-hydroxylation sites is 2. The van der Waals surface area contributed by atoms with Crippen molar-refractivity contribution in [1.29, 1.82) is 0 Å². The van der Waals surface area contributed by atoms with Crippen LogP contribution in [0.15, 0.2) is 46.7 Å². The zero-order valence-corrected chi connectivity index (χ0v) is 19.1. The number of aryl methyl sites for hydroxylation is 1. The van der Waals surface area contributed by atoms with Crippen molar-refractivity contribution >= 4 is 40.9 Å². The SMILES string of the molecule is CCn1c(SCC(=O)NN=Cc2cc(OC)c(OC(C)=O)c(OC)c2)nc2ccccc21. The van der Waals surface area contributed by atoms with E-state index in [1.807, 2.05) is 31.2 Å². The molecule has 0 radical (unpaired) electrons. The summed E-state index contributed by atoms with van der Waals surface area (Å²) in [4.78, 5) is 28.2. The van der Waals surface area contributed by atoms with Crippen molar-refractivity contribution in [1.82, 2.24) is 15.0 Å². The maximum absolute atomic E-state index is 12.3. The summed E-state index contributed by atoms with van der Waals surface area (Å²) in [5, 5.41) is 4.78. The molecule has 0 saturated carbocycles. The molecule has 9 nitrogen and oxygen atoms in total. The van der Waals surface area contributed by atoms with Gasteiger partial charge in [-0.2, -0.15) is 5.10 Å². The third-order valence-corrected chi connectivity index (χ3v) is 5.38. The molecule has 168 valence electrons. The van der Waals surface area contributed by atoms with Crippen LogP contribution in [0, 0.1) is 0 Å². The molecule has 32 heavy (non-hydrogen) atoms. The number of imidazole rings is 1. The first-order valence-corrected chi connectivity index (χ1v) is 10.8. The Balaban J connectivity index is 1.65. The van der Waals surface area contributed by atoms with Gasteiger partial charge >= 0.3 is 5.97 Å². The minimum atomic E-state index is -0.496. The molecule has 2 aromatic carbocycles. The van der Waals surface area contributed by atoms with Crippen LogP contribution in [0.1, 0.15) is 19.4 Å². The van der Waals surface area contributed by atoms with Crippen molar-refractivity contribution in [2.24, 2.45) is 5.10 Å². The number of carbonyl (C=O) groups is 2. The summed E-state index contributed by atoms with van der Waals surface area (Å²) in [7, 11) is 2.90. The highest BCUT2D eigenvalue weighted by Gasteiger charge is 2.16. The van der Waals surface area contributed by atoms with E-state index >= 15 is 0 Å². The Bertz CT molecular complexity index is 1130. The number of rotatable bonds is 9. The van der Waals surface area contributed by atoms with Gasteiger partial charge in [-0.15, -0.1) is 0 Å². The van der Waals surface area contributed by atoms with Gasteiger partial charge in [0.2, 0.25) is 5.75 Å².